The van der Waals surface area contributed by atoms with E-state index < -0.39 is 37.3 Å². The summed E-state index contributed by atoms with van der Waals surface area (Å²) < 4.78 is 15.7. The fourth-order valence-corrected chi connectivity index (χ4v) is 2.24. The Morgan fingerprint density at radius 1 is 1.09 bits per heavy atom. The molecule has 5 unspecified atom stereocenters. The molecule has 5 atom stereocenters. The van der Waals surface area contributed by atoms with Crippen molar-refractivity contribution in [3.8, 4) is 5.75 Å². The minimum atomic E-state index is -1.46. The average Bonchev–Trinajstić information content (AvgIpc) is 2.57. The van der Waals surface area contributed by atoms with Crippen molar-refractivity contribution < 1.29 is 34.6 Å². The van der Waals surface area contributed by atoms with Gasteiger partial charge in [-0.15, -0.1) is 0 Å². The van der Waals surface area contributed by atoms with Gasteiger partial charge in [-0.1, -0.05) is 24.3 Å². The number of benzene rings is 1. The summed E-state index contributed by atoms with van der Waals surface area (Å²) in [5.41, 5.74) is 0.947. The lowest BCUT2D eigenvalue weighted by atomic mass is 9.99. The average molecular weight is 326 g/mol. The number of aliphatic hydroxyl groups is 4. The van der Waals surface area contributed by atoms with Gasteiger partial charge in [0.25, 0.3) is 0 Å². The molecule has 128 valence electrons. The van der Waals surface area contributed by atoms with Gasteiger partial charge in [-0.2, -0.15) is 0 Å². The van der Waals surface area contributed by atoms with E-state index in [1.165, 1.54) is 0 Å². The summed E-state index contributed by atoms with van der Waals surface area (Å²) in [6, 6.07) is 7.00. The maximum Gasteiger partial charge on any atom is 0.229 e. The molecule has 0 amide bonds. The van der Waals surface area contributed by atoms with Crippen LogP contribution < -0.4 is 4.74 Å². The second-order valence-corrected chi connectivity index (χ2v) is 5.24. The van der Waals surface area contributed by atoms with Crippen LogP contribution in [-0.2, 0) is 9.47 Å². The van der Waals surface area contributed by atoms with Crippen LogP contribution in [0.25, 0.3) is 6.08 Å². The van der Waals surface area contributed by atoms with Crippen LogP contribution in [0.1, 0.15) is 5.56 Å². The van der Waals surface area contributed by atoms with Crippen LogP contribution in [0.3, 0.4) is 0 Å². The zero-order chi connectivity index (χ0) is 16.8. The van der Waals surface area contributed by atoms with Gasteiger partial charge in [-0.05, 0) is 17.7 Å². The molecule has 23 heavy (non-hydrogen) atoms. The van der Waals surface area contributed by atoms with Crippen molar-refractivity contribution in [1.29, 1.82) is 0 Å². The highest BCUT2D eigenvalue weighted by atomic mass is 16.7. The zero-order valence-electron chi connectivity index (χ0n) is 12.8. The van der Waals surface area contributed by atoms with Gasteiger partial charge in [0, 0.05) is 7.11 Å². The Morgan fingerprint density at radius 2 is 1.78 bits per heavy atom. The Labute approximate surface area is 134 Å². The number of methoxy groups -OCH3 is 1. The van der Waals surface area contributed by atoms with Crippen molar-refractivity contribution in [3.63, 3.8) is 0 Å². The molecule has 1 aliphatic rings. The molecule has 0 aromatic heterocycles. The molecule has 1 fully saturated rings. The highest BCUT2D eigenvalue weighted by molar-refractivity contribution is 5.50. The first-order valence-corrected chi connectivity index (χ1v) is 7.29. The Hall–Kier alpha value is -1.48. The van der Waals surface area contributed by atoms with Gasteiger partial charge in [-0.25, -0.2) is 0 Å². The maximum absolute atomic E-state index is 9.91. The molecule has 2 rings (SSSR count). The number of aliphatic hydroxyl groups excluding tert-OH is 4. The molecule has 1 heterocycles. The summed E-state index contributed by atoms with van der Waals surface area (Å²) in [4.78, 5) is 0. The molecule has 1 aliphatic heterocycles. The molecular weight excluding hydrogens is 304 g/mol. The van der Waals surface area contributed by atoms with Crippen molar-refractivity contribution in [2.75, 3.05) is 20.3 Å². The third-order valence-electron chi connectivity index (χ3n) is 3.55. The van der Waals surface area contributed by atoms with Gasteiger partial charge in [0.2, 0.25) is 6.29 Å². The molecule has 0 bridgehead atoms. The van der Waals surface area contributed by atoms with Crippen LogP contribution in [0.15, 0.2) is 30.3 Å². The minimum absolute atomic E-state index is 0.429. The monoisotopic (exact) mass is 326 g/mol. The van der Waals surface area contributed by atoms with Crippen molar-refractivity contribution >= 4 is 6.08 Å². The van der Waals surface area contributed by atoms with Gasteiger partial charge >= 0.3 is 0 Å². The number of hydrogen-bond donors (Lipinski definition) is 4. The fraction of sp³-hybridized carbons (Fsp3) is 0.500. The molecule has 0 spiro atoms. The van der Waals surface area contributed by atoms with Crippen LogP contribution in [0.4, 0.5) is 0 Å². The van der Waals surface area contributed by atoms with E-state index in [1.54, 1.807) is 19.2 Å². The normalized spacial score (nSPS) is 31.4. The van der Waals surface area contributed by atoms with E-state index in [2.05, 4.69) is 0 Å². The molecular formula is C16H22O7. The Morgan fingerprint density at radius 3 is 2.39 bits per heavy atom. The van der Waals surface area contributed by atoms with E-state index in [-0.39, 0.29) is 0 Å². The first-order valence-electron chi connectivity index (χ1n) is 7.29. The quantitative estimate of drug-likeness (QED) is 0.559. The first-order chi connectivity index (χ1) is 11.1. The minimum Gasteiger partial charge on any atom is -0.462 e. The predicted molar refractivity (Wildman–Crippen MR) is 81.7 cm³/mol. The molecule has 0 saturated carbocycles. The maximum atomic E-state index is 9.91. The van der Waals surface area contributed by atoms with Gasteiger partial charge in [0.05, 0.1) is 13.2 Å². The van der Waals surface area contributed by atoms with Crippen molar-refractivity contribution in [2.24, 2.45) is 0 Å². The summed E-state index contributed by atoms with van der Waals surface area (Å²) in [5.74, 6) is 0.429. The first kappa shape index (κ1) is 17.9. The van der Waals surface area contributed by atoms with Crippen LogP contribution in [-0.4, -0.2) is 71.5 Å². The third kappa shape index (κ3) is 4.51. The van der Waals surface area contributed by atoms with E-state index in [0.717, 1.165) is 5.56 Å². The zero-order valence-corrected chi connectivity index (χ0v) is 12.8. The molecule has 4 N–H and O–H groups in total. The van der Waals surface area contributed by atoms with Gasteiger partial charge in [0.1, 0.15) is 30.2 Å². The van der Waals surface area contributed by atoms with Gasteiger partial charge < -0.3 is 34.6 Å². The predicted octanol–water partition coefficient (Wildman–Crippen LogP) is -0.475. The summed E-state index contributed by atoms with van der Waals surface area (Å²) in [6.45, 7) is 0.0250. The highest BCUT2D eigenvalue weighted by Gasteiger charge is 2.44. The Kier molecular flexibility index (Phi) is 6.52. The lowest BCUT2D eigenvalue weighted by molar-refractivity contribution is -0.277. The highest BCUT2D eigenvalue weighted by Crippen LogP contribution is 2.24. The molecule has 7 nitrogen and oxygen atoms in total. The standard InChI is InChI=1S/C16H22O7/c1-21-8-2-3-10-4-6-11(7-5-10)22-16-15(20)14(19)13(18)12(9-17)23-16/h2-7,12-20H,8-9H2,1H3/b3-2+. The van der Waals surface area contributed by atoms with Gasteiger partial charge in [0.15, 0.2) is 0 Å². The summed E-state index contributed by atoms with van der Waals surface area (Å²) in [5, 5.41) is 38.5. The topological polar surface area (TPSA) is 109 Å². The lowest BCUT2D eigenvalue weighted by Gasteiger charge is -2.39. The molecule has 7 heteroatoms. The fourth-order valence-electron chi connectivity index (χ4n) is 2.24. The molecule has 0 radical (unpaired) electrons. The number of rotatable bonds is 6. The van der Waals surface area contributed by atoms with E-state index >= 15 is 0 Å². The second kappa shape index (κ2) is 8.39. The van der Waals surface area contributed by atoms with Crippen molar-refractivity contribution in [2.45, 2.75) is 30.7 Å². The Bertz CT molecular complexity index is 500. The SMILES string of the molecule is COC/C=C/c1ccc(OC2OC(CO)C(O)C(O)C2O)cc1. The van der Waals surface area contributed by atoms with E-state index in [4.69, 9.17) is 19.3 Å². The van der Waals surface area contributed by atoms with Gasteiger partial charge in [-0.3, -0.25) is 0 Å². The van der Waals surface area contributed by atoms with Crippen LogP contribution in [0, 0.1) is 0 Å². The molecule has 1 aromatic rings. The molecule has 1 saturated heterocycles. The Balaban J connectivity index is 2.00. The number of ether oxygens (including phenoxy) is 3. The number of hydrogen-bond acceptors (Lipinski definition) is 7. The van der Waals surface area contributed by atoms with Crippen molar-refractivity contribution in [3.05, 3.63) is 35.9 Å². The van der Waals surface area contributed by atoms with Crippen LogP contribution in [0.2, 0.25) is 0 Å². The summed E-state index contributed by atoms with van der Waals surface area (Å²) in [7, 11) is 1.61. The summed E-state index contributed by atoms with van der Waals surface area (Å²) >= 11 is 0. The third-order valence-corrected chi connectivity index (χ3v) is 3.55. The smallest absolute Gasteiger partial charge is 0.229 e. The second-order valence-electron chi connectivity index (χ2n) is 5.24. The van der Waals surface area contributed by atoms with Crippen molar-refractivity contribution in [1.82, 2.24) is 0 Å². The van der Waals surface area contributed by atoms with Crippen LogP contribution in [0.5, 0.6) is 5.75 Å². The van der Waals surface area contributed by atoms with E-state index in [0.29, 0.717) is 12.4 Å². The van der Waals surface area contributed by atoms with E-state index in [9.17, 15) is 15.3 Å². The molecule has 1 aromatic carbocycles. The summed E-state index contributed by atoms with van der Waals surface area (Å²) in [6.07, 6.45) is -2.69. The van der Waals surface area contributed by atoms with Crippen LogP contribution >= 0.6 is 0 Å². The molecule has 0 aliphatic carbocycles. The lowest BCUT2D eigenvalue weighted by Crippen LogP contribution is -2.60. The van der Waals surface area contributed by atoms with E-state index in [1.807, 2.05) is 24.3 Å². The largest absolute Gasteiger partial charge is 0.462 e.